The summed E-state index contributed by atoms with van der Waals surface area (Å²) >= 11 is 0. The zero-order valence-electron chi connectivity index (χ0n) is 26.3. The highest BCUT2D eigenvalue weighted by Crippen LogP contribution is 2.36. The Kier molecular flexibility index (Phi) is 11.3. The van der Waals surface area contributed by atoms with Crippen LogP contribution >= 0.6 is 0 Å². The van der Waals surface area contributed by atoms with Gasteiger partial charge in [-0.15, -0.1) is 0 Å². The zero-order chi connectivity index (χ0) is 30.9. The lowest BCUT2D eigenvalue weighted by atomic mass is 9.83. The summed E-state index contributed by atoms with van der Waals surface area (Å²) in [5.74, 6) is 0.199. The molecule has 2 aromatic rings. The Balaban J connectivity index is 1.36. The Morgan fingerprint density at radius 2 is 1.66 bits per heavy atom. The van der Waals surface area contributed by atoms with Gasteiger partial charge in [-0.2, -0.15) is 0 Å². The second kappa shape index (κ2) is 15.6. The fourth-order valence-electron chi connectivity index (χ4n) is 7.14. The highest BCUT2D eigenvalue weighted by Gasteiger charge is 2.29. The SMILES string of the molecule is CCN(C[C@H](O)[C@H](Cc1ccccc1)NC(=O)c1cc(C2CCCCC2)cc(N2CCCC2=O)c1)C(=O)NC1CCCCC1. The maximum Gasteiger partial charge on any atom is 0.317 e. The quantitative estimate of drug-likeness (QED) is 0.297. The molecule has 3 aliphatic rings. The number of hydrogen-bond acceptors (Lipinski definition) is 4. The minimum atomic E-state index is -0.975. The van der Waals surface area contributed by atoms with Crippen molar-refractivity contribution >= 4 is 23.5 Å². The summed E-state index contributed by atoms with van der Waals surface area (Å²) in [6.45, 7) is 3.15. The van der Waals surface area contributed by atoms with Gasteiger partial charge in [-0.3, -0.25) is 9.59 Å². The lowest BCUT2D eigenvalue weighted by Gasteiger charge is -2.32. The summed E-state index contributed by atoms with van der Waals surface area (Å²) < 4.78 is 0. The first kappa shape index (κ1) is 32.0. The fraction of sp³-hybridized carbons (Fsp3) is 0.583. The highest BCUT2D eigenvalue weighted by molar-refractivity contribution is 5.99. The highest BCUT2D eigenvalue weighted by atomic mass is 16.3. The molecule has 2 aliphatic carbocycles. The van der Waals surface area contributed by atoms with Gasteiger partial charge in [-0.25, -0.2) is 4.79 Å². The van der Waals surface area contributed by atoms with Crippen molar-refractivity contribution in [2.24, 2.45) is 0 Å². The number of nitrogens with one attached hydrogen (secondary N) is 2. The number of rotatable bonds is 11. The Morgan fingerprint density at radius 3 is 2.32 bits per heavy atom. The van der Waals surface area contributed by atoms with Gasteiger partial charge in [0.15, 0.2) is 0 Å². The molecule has 3 N–H and O–H groups in total. The first-order chi connectivity index (χ1) is 21.4. The van der Waals surface area contributed by atoms with Gasteiger partial charge in [0.25, 0.3) is 5.91 Å². The van der Waals surface area contributed by atoms with Crippen molar-refractivity contribution in [3.8, 4) is 0 Å². The van der Waals surface area contributed by atoms with E-state index >= 15 is 0 Å². The number of aliphatic hydroxyl groups excluding tert-OH is 1. The zero-order valence-corrected chi connectivity index (χ0v) is 26.3. The first-order valence-corrected chi connectivity index (χ1v) is 16.9. The number of carbonyl (C=O) groups is 3. The summed E-state index contributed by atoms with van der Waals surface area (Å²) in [4.78, 5) is 43.3. The molecule has 238 valence electrons. The van der Waals surface area contributed by atoms with Crippen molar-refractivity contribution in [2.45, 2.75) is 114 Å². The largest absolute Gasteiger partial charge is 0.389 e. The monoisotopic (exact) mass is 602 g/mol. The number of aliphatic hydroxyl groups is 1. The van der Waals surface area contributed by atoms with E-state index in [4.69, 9.17) is 0 Å². The van der Waals surface area contributed by atoms with Crippen molar-refractivity contribution in [2.75, 3.05) is 24.5 Å². The fourth-order valence-corrected chi connectivity index (χ4v) is 7.14. The van der Waals surface area contributed by atoms with E-state index in [1.165, 1.54) is 25.7 Å². The molecule has 0 radical (unpaired) electrons. The minimum Gasteiger partial charge on any atom is -0.389 e. The summed E-state index contributed by atoms with van der Waals surface area (Å²) in [7, 11) is 0. The van der Waals surface area contributed by atoms with Crippen LogP contribution in [0.5, 0.6) is 0 Å². The van der Waals surface area contributed by atoms with E-state index in [-0.39, 0.29) is 30.4 Å². The average Bonchev–Trinajstić information content (AvgIpc) is 3.50. The van der Waals surface area contributed by atoms with Crippen LogP contribution in [0.3, 0.4) is 0 Å². The number of nitrogens with zero attached hydrogens (tertiary/aromatic N) is 2. The van der Waals surface area contributed by atoms with Gasteiger partial charge in [0.2, 0.25) is 5.91 Å². The van der Waals surface area contributed by atoms with E-state index in [0.29, 0.717) is 37.4 Å². The van der Waals surface area contributed by atoms with E-state index in [2.05, 4.69) is 16.7 Å². The molecule has 44 heavy (non-hydrogen) atoms. The molecule has 8 heteroatoms. The first-order valence-electron chi connectivity index (χ1n) is 16.9. The van der Waals surface area contributed by atoms with Gasteiger partial charge in [-0.05, 0) is 80.7 Å². The minimum absolute atomic E-state index is 0.0979. The van der Waals surface area contributed by atoms with Crippen molar-refractivity contribution in [3.63, 3.8) is 0 Å². The summed E-state index contributed by atoms with van der Waals surface area (Å²) in [6.07, 6.45) is 12.0. The van der Waals surface area contributed by atoms with E-state index in [1.54, 1.807) is 4.90 Å². The summed E-state index contributed by atoms with van der Waals surface area (Å²) in [5.41, 5.74) is 3.41. The van der Waals surface area contributed by atoms with E-state index in [0.717, 1.165) is 61.8 Å². The molecule has 2 saturated carbocycles. The third-order valence-electron chi connectivity index (χ3n) is 9.75. The Morgan fingerprint density at radius 1 is 0.955 bits per heavy atom. The van der Waals surface area contributed by atoms with Crippen LogP contribution in [-0.2, 0) is 11.2 Å². The van der Waals surface area contributed by atoms with E-state index in [1.807, 2.05) is 54.3 Å². The molecular formula is C36H50N4O4. The molecule has 1 heterocycles. The van der Waals surface area contributed by atoms with Crippen molar-refractivity contribution in [1.82, 2.24) is 15.5 Å². The lowest BCUT2D eigenvalue weighted by Crippen LogP contribution is -2.53. The molecule has 8 nitrogen and oxygen atoms in total. The standard InChI is InChI=1S/C36H50N4O4/c1-2-39(36(44)37-30-17-10-5-11-18-30)25-33(41)32(21-26-13-6-3-7-14-26)38-35(43)29-22-28(27-15-8-4-9-16-27)23-31(24-29)40-20-12-19-34(40)42/h3,6-7,13-14,22-24,27,30,32-33,41H,2,4-5,8-12,15-21,25H2,1H3,(H,37,44)(H,38,43)/t32-,33-/m0/s1. The molecule has 2 aromatic carbocycles. The summed E-state index contributed by atoms with van der Waals surface area (Å²) in [5, 5.41) is 17.9. The van der Waals surface area contributed by atoms with Gasteiger partial charge in [0.1, 0.15) is 0 Å². The molecule has 2 atom stereocenters. The smallest absolute Gasteiger partial charge is 0.317 e. The van der Waals surface area contributed by atoms with Crippen LogP contribution in [-0.4, -0.2) is 65.7 Å². The van der Waals surface area contributed by atoms with Crippen molar-refractivity contribution < 1.29 is 19.5 Å². The third-order valence-corrected chi connectivity index (χ3v) is 9.75. The molecule has 4 amide bonds. The summed E-state index contributed by atoms with van der Waals surface area (Å²) in [6, 6.07) is 15.1. The molecule has 3 fully saturated rings. The van der Waals surface area contributed by atoms with Gasteiger partial charge in [0.05, 0.1) is 18.7 Å². The average molecular weight is 603 g/mol. The Labute approximate surface area is 262 Å². The van der Waals surface area contributed by atoms with Crippen LogP contribution < -0.4 is 15.5 Å². The molecule has 1 aliphatic heterocycles. The lowest BCUT2D eigenvalue weighted by molar-refractivity contribution is -0.117. The number of hydrogen-bond donors (Lipinski definition) is 3. The topological polar surface area (TPSA) is 102 Å². The second-order valence-corrected chi connectivity index (χ2v) is 13.0. The van der Waals surface area contributed by atoms with Crippen LogP contribution in [0.2, 0.25) is 0 Å². The van der Waals surface area contributed by atoms with Crippen molar-refractivity contribution in [1.29, 1.82) is 0 Å². The van der Waals surface area contributed by atoms with Crippen LogP contribution in [0.4, 0.5) is 10.5 Å². The predicted octanol–water partition coefficient (Wildman–Crippen LogP) is 5.93. The maximum absolute atomic E-state index is 14.0. The molecular weight excluding hydrogens is 552 g/mol. The van der Waals surface area contributed by atoms with E-state index < -0.39 is 12.1 Å². The third kappa shape index (κ3) is 8.40. The van der Waals surface area contributed by atoms with Crippen molar-refractivity contribution in [3.05, 3.63) is 65.2 Å². The molecule has 5 rings (SSSR count). The number of benzene rings is 2. The van der Waals surface area contributed by atoms with Gasteiger partial charge in [0, 0.05) is 36.8 Å². The molecule has 0 aromatic heterocycles. The van der Waals surface area contributed by atoms with Gasteiger partial charge < -0.3 is 25.5 Å². The Bertz CT molecular complexity index is 1260. The van der Waals surface area contributed by atoms with Gasteiger partial charge >= 0.3 is 6.03 Å². The second-order valence-electron chi connectivity index (χ2n) is 13.0. The van der Waals surface area contributed by atoms with E-state index in [9.17, 15) is 19.5 Å². The van der Waals surface area contributed by atoms with Crippen LogP contribution in [0, 0.1) is 0 Å². The van der Waals surface area contributed by atoms with Crippen LogP contribution in [0.15, 0.2) is 48.5 Å². The number of anilines is 1. The van der Waals surface area contributed by atoms with Gasteiger partial charge in [-0.1, -0.05) is 68.9 Å². The number of carbonyl (C=O) groups excluding carboxylic acids is 3. The predicted molar refractivity (Wildman–Crippen MR) is 174 cm³/mol. The number of amides is 4. The maximum atomic E-state index is 14.0. The molecule has 0 unspecified atom stereocenters. The number of urea groups is 1. The molecule has 0 spiro atoms. The number of likely N-dealkylation sites (N-methyl/N-ethyl adjacent to an activating group) is 1. The Hall–Kier alpha value is -3.39. The van der Waals surface area contributed by atoms with Crippen LogP contribution in [0.25, 0.3) is 0 Å². The molecule has 1 saturated heterocycles. The van der Waals surface area contributed by atoms with Crippen LogP contribution in [0.1, 0.15) is 111 Å². The normalized spacial score (nSPS) is 19.4. The molecule has 0 bridgehead atoms.